The second-order valence-electron chi connectivity index (χ2n) is 7.93. The summed E-state index contributed by atoms with van der Waals surface area (Å²) in [4.78, 5) is 14.9. The minimum Gasteiger partial charge on any atom is -0.351 e. The maximum atomic E-state index is 5.16. The number of fused-ring (bicyclic) bond motifs is 3. The summed E-state index contributed by atoms with van der Waals surface area (Å²) in [5, 5.41) is 6.91. The fraction of sp³-hybridized carbons (Fsp3) is 0.550. The molecule has 0 aromatic heterocycles. The average molecular weight is 431 g/mol. The first-order valence-electron chi connectivity index (χ1n) is 9.64. The molecule has 4 rings (SSSR count). The van der Waals surface area contributed by atoms with Gasteiger partial charge in [0.15, 0.2) is 11.7 Å². The molecule has 3 aliphatic rings. The molecule has 0 bridgehead atoms. The predicted molar refractivity (Wildman–Crippen MR) is 117 cm³/mol. The van der Waals surface area contributed by atoms with Crippen LogP contribution >= 0.6 is 15.9 Å². The van der Waals surface area contributed by atoms with Gasteiger partial charge in [0.1, 0.15) is 0 Å². The Labute approximate surface area is 169 Å². The van der Waals surface area contributed by atoms with Crippen LogP contribution in [0.1, 0.15) is 39.2 Å². The number of anilines is 1. The molecular formula is C20H27BrN6. The summed E-state index contributed by atoms with van der Waals surface area (Å²) in [7, 11) is 2.17. The molecule has 0 radical (unpaired) electrons. The van der Waals surface area contributed by atoms with Crippen LogP contribution in [0.2, 0.25) is 0 Å². The molecule has 1 fully saturated rings. The Balaban J connectivity index is 1.89. The maximum absolute atomic E-state index is 5.16. The minimum absolute atomic E-state index is 0.0761. The van der Waals surface area contributed by atoms with Gasteiger partial charge in [0.05, 0.1) is 23.1 Å². The van der Waals surface area contributed by atoms with Crippen molar-refractivity contribution in [1.82, 2.24) is 9.80 Å². The maximum Gasteiger partial charge on any atom is 0.193 e. The molecule has 1 unspecified atom stereocenters. The first kappa shape index (κ1) is 18.6. The van der Waals surface area contributed by atoms with Crippen molar-refractivity contribution in [3.8, 4) is 0 Å². The molecule has 3 aliphatic heterocycles. The van der Waals surface area contributed by atoms with Crippen molar-refractivity contribution in [3.05, 3.63) is 22.2 Å². The van der Waals surface area contributed by atoms with Gasteiger partial charge in [-0.25, -0.2) is 10.0 Å². The number of benzene rings is 1. The Bertz CT molecular complexity index is 848. The van der Waals surface area contributed by atoms with Gasteiger partial charge in [-0.1, -0.05) is 29.8 Å². The highest BCUT2D eigenvalue weighted by Gasteiger charge is 2.35. The quantitative estimate of drug-likeness (QED) is 0.679. The number of halogens is 1. The molecule has 0 amide bonds. The number of piperazine rings is 1. The minimum atomic E-state index is 0.0761. The Hall–Kier alpha value is -1.73. The van der Waals surface area contributed by atoms with E-state index in [1.807, 2.05) is 11.9 Å². The molecule has 1 atom stereocenters. The van der Waals surface area contributed by atoms with Crippen LogP contribution in [0.25, 0.3) is 0 Å². The monoisotopic (exact) mass is 430 g/mol. The lowest BCUT2D eigenvalue weighted by molar-refractivity contribution is 0.217. The lowest BCUT2D eigenvalue weighted by Gasteiger charge is -2.40. The van der Waals surface area contributed by atoms with E-state index < -0.39 is 0 Å². The molecule has 0 saturated carbocycles. The van der Waals surface area contributed by atoms with Gasteiger partial charge >= 0.3 is 0 Å². The van der Waals surface area contributed by atoms with Gasteiger partial charge in [0.25, 0.3) is 0 Å². The molecule has 0 spiro atoms. The van der Waals surface area contributed by atoms with Crippen LogP contribution in [0.5, 0.6) is 0 Å². The van der Waals surface area contributed by atoms with Crippen LogP contribution in [0.3, 0.4) is 0 Å². The van der Waals surface area contributed by atoms with Gasteiger partial charge in [-0.05, 0) is 44.5 Å². The molecular weight excluding hydrogens is 404 g/mol. The highest BCUT2D eigenvalue weighted by molar-refractivity contribution is 9.10. The summed E-state index contributed by atoms with van der Waals surface area (Å²) in [5.74, 6) is 2.21. The van der Waals surface area contributed by atoms with Crippen molar-refractivity contribution in [2.75, 3.05) is 38.2 Å². The summed E-state index contributed by atoms with van der Waals surface area (Å²) in [6.07, 6.45) is 0. The van der Waals surface area contributed by atoms with Gasteiger partial charge in [-0.3, -0.25) is 4.99 Å². The number of likely N-dealkylation sites (N-methyl/N-ethyl adjacent to an activating group) is 1. The number of hydrazone groups is 1. The first-order valence-corrected chi connectivity index (χ1v) is 10.4. The Morgan fingerprint density at radius 3 is 2.48 bits per heavy atom. The van der Waals surface area contributed by atoms with Gasteiger partial charge in [-0.15, -0.1) is 0 Å². The molecule has 1 saturated heterocycles. The fourth-order valence-corrected chi connectivity index (χ4v) is 4.12. The number of hydrogen-bond donors (Lipinski definition) is 0. The number of amidine groups is 2. The van der Waals surface area contributed by atoms with E-state index in [1.54, 1.807) is 0 Å². The van der Waals surface area contributed by atoms with E-state index in [9.17, 15) is 0 Å². The summed E-state index contributed by atoms with van der Waals surface area (Å²) >= 11 is 3.67. The normalized spacial score (nSPS) is 22.9. The molecule has 1 aromatic rings. The van der Waals surface area contributed by atoms with E-state index in [-0.39, 0.29) is 6.04 Å². The van der Waals surface area contributed by atoms with Gasteiger partial charge in [-0.2, -0.15) is 5.10 Å². The molecule has 0 aliphatic carbocycles. The van der Waals surface area contributed by atoms with Crippen molar-refractivity contribution in [2.24, 2.45) is 15.1 Å². The number of aliphatic imine (C=N–C) groups is 2. The molecule has 1 aromatic carbocycles. The van der Waals surface area contributed by atoms with Crippen molar-refractivity contribution in [1.29, 1.82) is 0 Å². The third kappa shape index (κ3) is 3.31. The highest BCUT2D eigenvalue weighted by atomic mass is 79.9. The van der Waals surface area contributed by atoms with E-state index in [2.05, 4.69) is 65.7 Å². The Kier molecular flexibility index (Phi) is 4.84. The predicted octanol–water partition coefficient (Wildman–Crippen LogP) is 3.85. The van der Waals surface area contributed by atoms with Gasteiger partial charge in [0, 0.05) is 30.7 Å². The zero-order valence-electron chi connectivity index (χ0n) is 16.7. The lowest BCUT2D eigenvalue weighted by atomic mass is 9.99. The molecule has 27 heavy (non-hydrogen) atoms. The molecule has 0 N–H and O–H groups in total. The SMILES string of the molecule is CC1=NN2C(=NC1C)C(N1CCN(C)CC1)=Nc1c(C(C)C)cc(Br)cc12. The van der Waals surface area contributed by atoms with E-state index in [0.29, 0.717) is 5.92 Å². The molecule has 3 heterocycles. The highest BCUT2D eigenvalue weighted by Crippen LogP contribution is 2.43. The summed E-state index contributed by atoms with van der Waals surface area (Å²) in [6, 6.07) is 4.36. The zero-order valence-corrected chi connectivity index (χ0v) is 18.3. The van der Waals surface area contributed by atoms with Crippen molar-refractivity contribution in [2.45, 2.75) is 39.7 Å². The van der Waals surface area contributed by atoms with Crippen LogP contribution in [-0.2, 0) is 0 Å². The second kappa shape index (κ2) is 7.02. The van der Waals surface area contributed by atoms with Gasteiger partial charge < -0.3 is 9.80 Å². The summed E-state index contributed by atoms with van der Waals surface area (Å²) < 4.78 is 1.05. The summed E-state index contributed by atoms with van der Waals surface area (Å²) in [5.41, 5.74) is 4.29. The van der Waals surface area contributed by atoms with Crippen LogP contribution in [0.4, 0.5) is 11.4 Å². The van der Waals surface area contributed by atoms with Crippen LogP contribution in [-0.4, -0.2) is 66.5 Å². The topological polar surface area (TPSA) is 46.8 Å². The molecule has 7 heteroatoms. The van der Waals surface area contributed by atoms with E-state index in [1.165, 1.54) is 5.56 Å². The molecule has 6 nitrogen and oxygen atoms in total. The zero-order chi connectivity index (χ0) is 19.3. The standard InChI is InChI=1S/C20H27BrN6/c1-12(2)16-10-15(21)11-17-18(16)23-19(26-8-6-25(5)7-9-26)20-22-13(3)14(4)24-27(17)20/h10-13H,6-9H2,1-5H3. The number of rotatable bonds is 1. The van der Waals surface area contributed by atoms with Crippen LogP contribution in [0, 0.1) is 0 Å². The first-order chi connectivity index (χ1) is 12.8. The second-order valence-corrected chi connectivity index (χ2v) is 8.84. The van der Waals surface area contributed by atoms with Crippen molar-refractivity contribution < 1.29 is 0 Å². The Morgan fingerprint density at radius 2 is 1.81 bits per heavy atom. The smallest absolute Gasteiger partial charge is 0.193 e. The van der Waals surface area contributed by atoms with Crippen LogP contribution in [0.15, 0.2) is 31.7 Å². The van der Waals surface area contributed by atoms with Crippen molar-refractivity contribution in [3.63, 3.8) is 0 Å². The average Bonchev–Trinajstić information content (AvgIpc) is 2.62. The largest absolute Gasteiger partial charge is 0.351 e. The lowest BCUT2D eigenvalue weighted by Crippen LogP contribution is -2.54. The Morgan fingerprint density at radius 1 is 1.11 bits per heavy atom. The number of nitrogens with zero attached hydrogens (tertiary/aromatic N) is 6. The molecule has 144 valence electrons. The van der Waals surface area contributed by atoms with E-state index in [0.717, 1.165) is 59.4 Å². The van der Waals surface area contributed by atoms with E-state index in [4.69, 9.17) is 15.1 Å². The van der Waals surface area contributed by atoms with E-state index >= 15 is 0 Å². The number of hydrogen-bond acceptors (Lipinski definition) is 6. The third-order valence-electron chi connectivity index (χ3n) is 5.53. The summed E-state index contributed by atoms with van der Waals surface area (Å²) in [6.45, 7) is 12.6. The van der Waals surface area contributed by atoms with Crippen molar-refractivity contribution >= 4 is 44.7 Å². The third-order valence-corrected chi connectivity index (χ3v) is 5.99. The van der Waals surface area contributed by atoms with Crippen LogP contribution < -0.4 is 5.01 Å². The fourth-order valence-electron chi connectivity index (χ4n) is 3.66. The van der Waals surface area contributed by atoms with Gasteiger partial charge in [0.2, 0.25) is 0 Å².